The molecule has 1 aromatic carbocycles. The molecular weight excluding hydrogens is 296 g/mol. The summed E-state index contributed by atoms with van der Waals surface area (Å²) >= 11 is 1.50. The van der Waals surface area contributed by atoms with Crippen LogP contribution >= 0.6 is 11.3 Å². The van der Waals surface area contributed by atoms with Gasteiger partial charge in [0.25, 0.3) is 0 Å². The smallest absolute Gasteiger partial charge is 0.228 e. The van der Waals surface area contributed by atoms with E-state index in [0.29, 0.717) is 11.6 Å². The van der Waals surface area contributed by atoms with E-state index in [1.807, 2.05) is 49.8 Å². The van der Waals surface area contributed by atoms with Gasteiger partial charge in [-0.15, -0.1) is 0 Å². The second kappa shape index (κ2) is 5.88. The van der Waals surface area contributed by atoms with Crippen LogP contribution in [0.15, 0.2) is 30.5 Å². The number of carbonyl (C=O) groups excluding carboxylic acids is 1. The first-order valence-corrected chi connectivity index (χ1v) is 8.02. The zero-order valence-corrected chi connectivity index (χ0v) is 13.6. The molecular formula is C16H18N4OS. The number of fused-ring (bicyclic) bond motifs is 1. The molecule has 0 aliphatic carbocycles. The van der Waals surface area contributed by atoms with E-state index in [9.17, 15) is 4.79 Å². The molecule has 0 saturated heterocycles. The number of thiazole rings is 1. The lowest BCUT2D eigenvalue weighted by molar-refractivity contribution is -0.116. The second-order valence-corrected chi connectivity index (χ2v) is 6.56. The fourth-order valence-electron chi connectivity index (χ4n) is 2.30. The van der Waals surface area contributed by atoms with Crippen LogP contribution in [0.1, 0.15) is 30.6 Å². The Morgan fingerprint density at radius 1 is 1.36 bits per heavy atom. The summed E-state index contributed by atoms with van der Waals surface area (Å²) in [5.41, 5.74) is 3.06. The van der Waals surface area contributed by atoms with Crippen molar-refractivity contribution in [3.8, 4) is 0 Å². The van der Waals surface area contributed by atoms with Gasteiger partial charge >= 0.3 is 0 Å². The van der Waals surface area contributed by atoms with E-state index in [-0.39, 0.29) is 11.9 Å². The quantitative estimate of drug-likeness (QED) is 0.799. The molecule has 0 unspecified atom stereocenters. The number of carbonyl (C=O) groups is 1. The summed E-state index contributed by atoms with van der Waals surface area (Å²) in [4.78, 5) is 16.6. The third kappa shape index (κ3) is 3.17. The van der Waals surface area contributed by atoms with E-state index in [1.54, 1.807) is 0 Å². The lowest BCUT2D eigenvalue weighted by Gasteiger charge is -2.11. The van der Waals surface area contributed by atoms with Crippen molar-refractivity contribution in [1.29, 1.82) is 0 Å². The Balaban J connectivity index is 1.67. The minimum Gasteiger partial charge on any atom is -0.302 e. The molecule has 6 heteroatoms. The Labute approximate surface area is 133 Å². The standard InChI is InChI=1S/C16H18N4OS/c1-10-4-5-13-14(8-10)22-16(17-13)18-15(21)9-12(3)20-7-6-11(2)19-20/h4-8,12H,9H2,1-3H3,(H,17,18,21)/t12-/m1/s1. The predicted octanol–water partition coefficient (Wildman–Crippen LogP) is 3.70. The van der Waals surface area contributed by atoms with Gasteiger partial charge in [-0.05, 0) is 44.5 Å². The fraction of sp³-hybridized carbons (Fsp3) is 0.312. The molecule has 0 saturated carbocycles. The highest BCUT2D eigenvalue weighted by molar-refractivity contribution is 7.22. The van der Waals surface area contributed by atoms with Crippen molar-refractivity contribution in [3.63, 3.8) is 0 Å². The van der Waals surface area contributed by atoms with E-state index >= 15 is 0 Å². The van der Waals surface area contributed by atoms with Gasteiger partial charge < -0.3 is 5.32 Å². The Morgan fingerprint density at radius 2 is 2.18 bits per heavy atom. The average Bonchev–Trinajstić information content (AvgIpc) is 3.03. The maximum Gasteiger partial charge on any atom is 0.228 e. The molecule has 1 N–H and O–H groups in total. The molecule has 0 aliphatic heterocycles. The van der Waals surface area contributed by atoms with Crippen LogP contribution in [-0.4, -0.2) is 20.7 Å². The Bertz CT molecular complexity index is 821. The van der Waals surface area contributed by atoms with Crippen molar-refractivity contribution in [1.82, 2.24) is 14.8 Å². The highest BCUT2D eigenvalue weighted by Gasteiger charge is 2.13. The molecule has 0 fully saturated rings. The van der Waals surface area contributed by atoms with Crippen molar-refractivity contribution in [2.24, 2.45) is 0 Å². The summed E-state index contributed by atoms with van der Waals surface area (Å²) in [6.45, 7) is 5.96. The molecule has 0 radical (unpaired) electrons. The van der Waals surface area contributed by atoms with Crippen LogP contribution in [-0.2, 0) is 4.79 Å². The lowest BCUT2D eigenvalue weighted by Crippen LogP contribution is -2.17. The van der Waals surface area contributed by atoms with Gasteiger partial charge in [0, 0.05) is 12.6 Å². The van der Waals surface area contributed by atoms with Crippen molar-refractivity contribution in [3.05, 3.63) is 41.7 Å². The Hall–Kier alpha value is -2.21. The molecule has 0 spiro atoms. The zero-order chi connectivity index (χ0) is 15.7. The van der Waals surface area contributed by atoms with Crippen molar-refractivity contribution in [2.75, 3.05) is 5.32 Å². The van der Waals surface area contributed by atoms with Gasteiger partial charge in [-0.1, -0.05) is 17.4 Å². The van der Waals surface area contributed by atoms with Gasteiger partial charge in [-0.25, -0.2) is 4.98 Å². The van der Waals surface area contributed by atoms with Gasteiger partial charge in [-0.3, -0.25) is 9.48 Å². The first-order valence-electron chi connectivity index (χ1n) is 7.20. The summed E-state index contributed by atoms with van der Waals surface area (Å²) in [5.74, 6) is -0.0450. The van der Waals surface area contributed by atoms with Crippen molar-refractivity contribution < 1.29 is 4.79 Å². The number of aromatic nitrogens is 3. The SMILES string of the molecule is Cc1ccc2nc(NC(=O)C[C@@H](C)n3ccc(C)n3)sc2c1. The van der Waals surface area contributed by atoms with E-state index < -0.39 is 0 Å². The minimum atomic E-state index is -0.0450. The van der Waals surface area contributed by atoms with E-state index in [4.69, 9.17) is 0 Å². The van der Waals surface area contributed by atoms with E-state index in [1.165, 1.54) is 16.9 Å². The van der Waals surface area contributed by atoms with Crippen LogP contribution in [0.2, 0.25) is 0 Å². The van der Waals surface area contributed by atoms with E-state index in [2.05, 4.69) is 21.5 Å². The van der Waals surface area contributed by atoms with Gasteiger partial charge in [0.05, 0.1) is 22.0 Å². The fourth-order valence-corrected chi connectivity index (χ4v) is 3.28. The number of nitrogens with zero attached hydrogens (tertiary/aromatic N) is 3. The first kappa shape index (κ1) is 14.7. The molecule has 114 valence electrons. The predicted molar refractivity (Wildman–Crippen MR) is 89.3 cm³/mol. The van der Waals surface area contributed by atoms with E-state index in [0.717, 1.165) is 15.9 Å². The maximum absolute atomic E-state index is 12.2. The third-order valence-corrected chi connectivity index (χ3v) is 4.40. The van der Waals surface area contributed by atoms with Crippen molar-refractivity contribution in [2.45, 2.75) is 33.2 Å². The highest BCUT2D eigenvalue weighted by Crippen LogP contribution is 2.27. The lowest BCUT2D eigenvalue weighted by atomic mass is 10.2. The highest BCUT2D eigenvalue weighted by atomic mass is 32.1. The number of hydrogen-bond acceptors (Lipinski definition) is 4. The molecule has 1 amide bonds. The van der Waals surface area contributed by atoms with Crippen molar-refractivity contribution >= 4 is 32.6 Å². The van der Waals surface area contributed by atoms with Crippen LogP contribution in [0, 0.1) is 13.8 Å². The zero-order valence-electron chi connectivity index (χ0n) is 12.8. The maximum atomic E-state index is 12.2. The number of hydrogen-bond donors (Lipinski definition) is 1. The number of anilines is 1. The van der Waals surface area contributed by atoms with Gasteiger partial charge in [0.15, 0.2) is 5.13 Å². The number of aryl methyl sites for hydroxylation is 2. The van der Waals surface area contributed by atoms with Crippen LogP contribution < -0.4 is 5.32 Å². The largest absolute Gasteiger partial charge is 0.302 e. The number of nitrogens with one attached hydrogen (secondary N) is 1. The molecule has 1 atom stereocenters. The normalized spacial score (nSPS) is 12.5. The van der Waals surface area contributed by atoms with Crippen LogP contribution in [0.25, 0.3) is 10.2 Å². The Kier molecular flexibility index (Phi) is 3.94. The number of rotatable bonds is 4. The summed E-state index contributed by atoms with van der Waals surface area (Å²) in [6, 6.07) is 8.04. The molecule has 3 aromatic rings. The molecule has 2 aromatic heterocycles. The van der Waals surface area contributed by atoms with Gasteiger partial charge in [0.2, 0.25) is 5.91 Å². The molecule has 0 bridgehead atoms. The average molecular weight is 314 g/mol. The number of benzene rings is 1. The van der Waals surface area contributed by atoms with Crippen LogP contribution in [0.4, 0.5) is 5.13 Å². The summed E-state index contributed by atoms with van der Waals surface area (Å²) < 4.78 is 2.91. The molecule has 22 heavy (non-hydrogen) atoms. The monoisotopic (exact) mass is 314 g/mol. The second-order valence-electron chi connectivity index (χ2n) is 5.53. The summed E-state index contributed by atoms with van der Waals surface area (Å²) in [6.07, 6.45) is 2.27. The molecule has 0 aliphatic rings. The molecule has 5 nitrogen and oxygen atoms in total. The Morgan fingerprint density at radius 3 is 2.91 bits per heavy atom. The van der Waals surface area contributed by atoms with Crippen LogP contribution in [0.3, 0.4) is 0 Å². The topological polar surface area (TPSA) is 59.8 Å². The van der Waals surface area contributed by atoms with Gasteiger partial charge in [-0.2, -0.15) is 5.10 Å². The first-order chi connectivity index (χ1) is 10.5. The summed E-state index contributed by atoms with van der Waals surface area (Å²) in [7, 11) is 0. The summed E-state index contributed by atoms with van der Waals surface area (Å²) in [5, 5.41) is 7.87. The third-order valence-electron chi connectivity index (χ3n) is 3.46. The molecule has 3 rings (SSSR count). The minimum absolute atomic E-state index is 0.0188. The molecule has 2 heterocycles. The van der Waals surface area contributed by atoms with Crippen LogP contribution in [0.5, 0.6) is 0 Å². The number of amides is 1. The van der Waals surface area contributed by atoms with Gasteiger partial charge in [0.1, 0.15) is 0 Å².